The molecule has 8 nitrogen and oxygen atoms in total. The van der Waals surface area contributed by atoms with Gasteiger partial charge in [-0.15, -0.1) is 0 Å². The predicted octanol–water partition coefficient (Wildman–Crippen LogP) is 5.34. The van der Waals surface area contributed by atoms with Gasteiger partial charge >= 0.3 is 5.97 Å². The zero-order valence-electron chi connectivity index (χ0n) is 16.6. The quantitative estimate of drug-likeness (QED) is 0.230. The van der Waals surface area contributed by atoms with E-state index in [2.05, 4.69) is 6.07 Å². The number of hydrogen-bond acceptors (Lipinski definition) is 7. The minimum atomic E-state index is -0.715. The molecule has 164 valence electrons. The van der Waals surface area contributed by atoms with Crippen molar-refractivity contribution in [1.29, 1.82) is 5.26 Å². The lowest BCUT2D eigenvalue weighted by molar-refractivity contribution is -0.384. The number of nitrogens with zero attached hydrogens (tertiary/aromatic N) is 2. The monoisotopic (exact) mass is 481 g/mol. The first kappa shape index (κ1) is 22.1. The van der Waals surface area contributed by atoms with Crippen LogP contribution in [0.15, 0.2) is 72.1 Å². The molecule has 0 saturated heterocycles. The largest absolute Gasteiger partial charge is 0.440 e. The fourth-order valence-electron chi connectivity index (χ4n) is 3.47. The van der Waals surface area contributed by atoms with E-state index in [9.17, 15) is 20.2 Å². The lowest BCUT2D eigenvalue weighted by atomic mass is 9.83. The van der Waals surface area contributed by atoms with Crippen molar-refractivity contribution < 1.29 is 19.2 Å². The van der Waals surface area contributed by atoms with E-state index in [4.69, 9.17) is 38.4 Å². The number of nitrogens with two attached hydrogens (primary N) is 1. The highest BCUT2D eigenvalue weighted by atomic mass is 35.5. The van der Waals surface area contributed by atoms with Crippen molar-refractivity contribution in [2.45, 2.75) is 5.92 Å². The molecule has 33 heavy (non-hydrogen) atoms. The SMILES string of the molecule is N#CC1=C(N)Oc2cc(OC(=O)c3ccc([N+](=O)[O-])cc3)ccc2C1c1c(Cl)cccc1Cl. The number of halogens is 2. The maximum Gasteiger partial charge on any atom is 0.343 e. The number of carbonyl (C=O) groups excluding carboxylic acids is 1. The molecule has 1 unspecified atom stereocenters. The third-order valence-electron chi connectivity index (χ3n) is 5.00. The average Bonchev–Trinajstić information content (AvgIpc) is 2.78. The first-order valence-electron chi connectivity index (χ1n) is 9.42. The van der Waals surface area contributed by atoms with E-state index in [-0.39, 0.29) is 34.2 Å². The predicted molar refractivity (Wildman–Crippen MR) is 120 cm³/mol. The van der Waals surface area contributed by atoms with Crippen molar-refractivity contribution in [1.82, 2.24) is 0 Å². The molecule has 0 spiro atoms. The van der Waals surface area contributed by atoms with Gasteiger partial charge in [0.1, 0.15) is 23.1 Å². The van der Waals surface area contributed by atoms with Gasteiger partial charge in [-0.25, -0.2) is 4.79 Å². The van der Waals surface area contributed by atoms with Crippen LogP contribution in [0.25, 0.3) is 0 Å². The first-order chi connectivity index (χ1) is 15.8. The summed E-state index contributed by atoms with van der Waals surface area (Å²) in [4.78, 5) is 22.7. The van der Waals surface area contributed by atoms with Crippen LogP contribution in [0.2, 0.25) is 10.0 Å². The van der Waals surface area contributed by atoms with Crippen LogP contribution in [0.3, 0.4) is 0 Å². The van der Waals surface area contributed by atoms with Gasteiger partial charge in [-0.3, -0.25) is 10.1 Å². The van der Waals surface area contributed by atoms with Crippen LogP contribution in [0, 0.1) is 21.4 Å². The van der Waals surface area contributed by atoms with Gasteiger partial charge in [0, 0.05) is 39.4 Å². The third-order valence-corrected chi connectivity index (χ3v) is 5.66. The van der Waals surface area contributed by atoms with Crippen molar-refractivity contribution in [3.8, 4) is 17.6 Å². The van der Waals surface area contributed by atoms with E-state index in [0.717, 1.165) is 0 Å². The second-order valence-corrected chi connectivity index (χ2v) is 7.77. The van der Waals surface area contributed by atoms with Gasteiger partial charge in [0.25, 0.3) is 5.69 Å². The zero-order chi connectivity index (χ0) is 23.7. The number of benzene rings is 3. The Morgan fingerprint density at radius 1 is 1.12 bits per heavy atom. The number of nitro benzene ring substituents is 1. The minimum Gasteiger partial charge on any atom is -0.440 e. The molecule has 0 aliphatic carbocycles. The van der Waals surface area contributed by atoms with E-state index in [1.165, 1.54) is 36.4 Å². The number of nitriles is 1. The Bertz CT molecular complexity index is 1340. The molecule has 3 aromatic carbocycles. The van der Waals surface area contributed by atoms with Crippen molar-refractivity contribution in [3.63, 3.8) is 0 Å². The molecule has 2 N–H and O–H groups in total. The first-order valence-corrected chi connectivity index (χ1v) is 10.2. The summed E-state index contributed by atoms with van der Waals surface area (Å²) >= 11 is 12.8. The van der Waals surface area contributed by atoms with E-state index in [0.29, 0.717) is 21.2 Å². The van der Waals surface area contributed by atoms with Crippen molar-refractivity contribution in [2.24, 2.45) is 5.73 Å². The Labute approximate surface area is 197 Å². The second kappa shape index (κ2) is 8.82. The highest BCUT2D eigenvalue weighted by Crippen LogP contribution is 2.47. The Hall–Kier alpha value is -4.06. The number of esters is 1. The number of rotatable bonds is 4. The third kappa shape index (κ3) is 4.20. The van der Waals surface area contributed by atoms with Gasteiger partial charge in [0.2, 0.25) is 5.88 Å². The molecule has 3 aromatic rings. The van der Waals surface area contributed by atoms with Crippen molar-refractivity contribution in [3.05, 3.63) is 109 Å². The van der Waals surface area contributed by atoms with Crippen LogP contribution in [-0.4, -0.2) is 10.9 Å². The standard InChI is InChI=1S/C23H13Cl2N3O5/c24-17-2-1-3-18(25)21(17)20-15-9-8-14(10-19(15)33-22(27)16(20)11-26)32-23(29)12-4-6-13(7-5-12)28(30)31/h1-10,20H,27H2. The Kier molecular flexibility index (Phi) is 5.92. The molecular formula is C23H13Cl2N3O5. The van der Waals surface area contributed by atoms with Gasteiger partial charge in [0.15, 0.2) is 0 Å². The molecule has 0 aromatic heterocycles. The summed E-state index contributed by atoms with van der Waals surface area (Å²) in [7, 11) is 0. The number of ether oxygens (including phenoxy) is 2. The summed E-state index contributed by atoms with van der Waals surface area (Å²) in [5, 5.41) is 21.2. The summed E-state index contributed by atoms with van der Waals surface area (Å²) < 4.78 is 11.0. The maximum absolute atomic E-state index is 12.5. The molecule has 1 heterocycles. The number of allylic oxidation sites excluding steroid dienone is 1. The molecule has 1 aliphatic heterocycles. The van der Waals surface area contributed by atoms with Crippen LogP contribution in [0.5, 0.6) is 11.5 Å². The Balaban J connectivity index is 1.69. The number of hydrogen-bond donors (Lipinski definition) is 1. The summed E-state index contributed by atoms with van der Waals surface area (Å²) in [5.74, 6) is -1.10. The molecule has 0 saturated carbocycles. The lowest BCUT2D eigenvalue weighted by Gasteiger charge is -2.27. The van der Waals surface area contributed by atoms with E-state index in [1.54, 1.807) is 24.3 Å². The van der Waals surface area contributed by atoms with Gasteiger partial charge in [0.05, 0.1) is 16.4 Å². The summed E-state index contributed by atoms with van der Waals surface area (Å²) in [5.41, 5.74) is 7.19. The van der Waals surface area contributed by atoms with E-state index in [1.807, 2.05) is 0 Å². The normalized spacial score (nSPS) is 14.6. The number of fused-ring (bicyclic) bond motifs is 1. The van der Waals surface area contributed by atoms with Crippen molar-refractivity contribution in [2.75, 3.05) is 0 Å². The van der Waals surface area contributed by atoms with Crippen LogP contribution in [0.4, 0.5) is 5.69 Å². The van der Waals surface area contributed by atoms with Crippen molar-refractivity contribution >= 4 is 34.9 Å². The zero-order valence-corrected chi connectivity index (χ0v) is 18.1. The highest BCUT2D eigenvalue weighted by Gasteiger charge is 2.33. The molecule has 0 radical (unpaired) electrons. The summed E-state index contributed by atoms with van der Waals surface area (Å²) in [6.07, 6.45) is 0. The molecule has 0 amide bonds. The molecule has 0 fully saturated rings. The second-order valence-electron chi connectivity index (χ2n) is 6.95. The van der Waals surface area contributed by atoms with Gasteiger partial charge < -0.3 is 15.2 Å². The van der Waals surface area contributed by atoms with Crippen LogP contribution >= 0.6 is 23.2 Å². The fraction of sp³-hybridized carbons (Fsp3) is 0.0435. The fourth-order valence-corrected chi connectivity index (χ4v) is 4.08. The maximum atomic E-state index is 12.5. The van der Waals surface area contributed by atoms with Crippen LogP contribution < -0.4 is 15.2 Å². The molecule has 0 bridgehead atoms. The highest BCUT2D eigenvalue weighted by molar-refractivity contribution is 6.36. The Morgan fingerprint density at radius 3 is 2.39 bits per heavy atom. The average molecular weight is 482 g/mol. The van der Waals surface area contributed by atoms with Gasteiger partial charge in [-0.05, 0) is 30.3 Å². The molecule has 10 heteroatoms. The number of non-ortho nitro benzene ring substituents is 1. The van der Waals surface area contributed by atoms with Crippen LogP contribution in [-0.2, 0) is 0 Å². The van der Waals surface area contributed by atoms with Crippen LogP contribution in [0.1, 0.15) is 27.4 Å². The van der Waals surface area contributed by atoms with Gasteiger partial charge in [-0.1, -0.05) is 35.3 Å². The lowest BCUT2D eigenvalue weighted by Crippen LogP contribution is -2.21. The smallest absolute Gasteiger partial charge is 0.343 e. The minimum absolute atomic E-state index is 0.121. The molecular weight excluding hydrogens is 469 g/mol. The van der Waals surface area contributed by atoms with E-state index >= 15 is 0 Å². The summed E-state index contributed by atoms with van der Waals surface area (Å²) in [6.45, 7) is 0. The molecule has 4 rings (SSSR count). The number of nitro groups is 1. The van der Waals surface area contributed by atoms with Gasteiger partial charge in [-0.2, -0.15) is 5.26 Å². The van der Waals surface area contributed by atoms with E-state index < -0.39 is 16.8 Å². The summed E-state index contributed by atoms with van der Waals surface area (Å²) in [6, 6.07) is 16.7. The molecule has 1 atom stereocenters. The molecule has 1 aliphatic rings. The topological polar surface area (TPSA) is 128 Å². The Morgan fingerprint density at radius 2 is 1.79 bits per heavy atom. The number of carbonyl (C=O) groups is 1.